The Bertz CT molecular complexity index is 399. The van der Waals surface area contributed by atoms with Crippen LogP contribution >= 0.6 is 0 Å². The van der Waals surface area contributed by atoms with Crippen LogP contribution in [0.1, 0.15) is 20.8 Å². The molecule has 0 spiro atoms. The minimum absolute atomic E-state index is 0.205. The standard InChI is InChI=1S/C11H14FNO3/c1-11(2,3)16-10(14)15-9-5-4-7(13)6-8(9)12/h4-6H,13H2,1-3H3. The number of anilines is 1. The van der Waals surface area contributed by atoms with E-state index in [0.29, 0.717) is 0 Å². The molecule has 4 nitrogen and oxygen atoms in total. The number of nitrogens with two attached hydrogens (primary N) is 1. The normalized spacial score (nSPS) is 11.0. The summed E-state index contributed by atoms with van der Waals surface area (Å²) < 4.78 is 22.8. The van der Waals surface area contributed by atoms with Crippen molar-refractivity contribution < 1.29 is 18.7 Å². The van der Waals surface area contributed by atoms with E-state index in [1.807, 2.05) is 0 Å². The first kappa shape index (κ1) is 12.3. The third-order valence-corrected chi connectivity index (χ3v) is 1.54. The molecule has 0 amide bonds. The lowest BCUT2D eigenvalue weighted by atomic mass is 10.2. The van der Waals surface area contributed by atoms with Crippen LogP contribution in [0.25, 0.3) is 0 Å². The van der Waals surface area contributed by atoms with E-state index in [0.717, 1.165) is 6.07 Å². The molecular formula is C11H14FNO3. The van der Waals surface area contributed by atoms with Crippen LogP contribution in [0.5, 0.6) is 5.75 Å². The predicted molar refractivity (Wildman–Crippen MR) is 57.7 cm³/mol. The second-order valence-electron chi connectivity index (χ2n) is 4.26. The molecule has 5 heteroatoms. The average Bonchev–Trinajstić information content (AvgIpc) is 2.06. The summed E-state index contributed by atoms with van der Waals surface area (Å²) in [5.74, 6) is -0.908. The molecular weight excluding hydrogens is 213 g/mol. The number of hydrogen-bond donors (Lipinski definition) is 1. The lowest BCUT2D eigenvalue weighted by molar-refractivity contribution is 0.0198. The van der Waals surface area contributed by atoms with E-state index >= 15 is 0 Å². The van der Waals surface area contributed by atoms with Crippen LogP contribution < -0.4 is 10.5 Å². The van der Waals surface area contributed by atoms with Crippen molar-refractivity contribution in [3.63, 3.8) is 0 Å². The highest BCUT2D eigenvalue weighted by molar-refractivity contribution is 5.64. The number of carbonyl (C=O) groups excluding carboxylic acids is 1. The van der Waals surface area contributed by atoms with Gasteiger partial charge in [0.25, 0.3) is 0 Å². The lowest BCUT2D eigenvalue weighted by Crippen LogP contribution is -2.26. The molecule has 0 saturated heterocycles. The van der Waals surface area contributed by atoms with Gasteiger partial charge in [-0.05, 0) is 32.9 Å². The molecule has 0 radical (unpaired) electrons. The monoisotopic (exact) mass is 227 g/mol. The molecule has 1 rings (SSSR count). The summed E-state index contributed by atoms with van der Waals surface area (Å²) in [5, 5.41) is 0. The van der Waals surface area contributed by atoms with Gasteiger partial charge in [-0.15, -0.1) is 0 Å². The molecule has 1 aromatic carbocycles. The maximum absolute atomic E-state index is 13.2. The first-order valence-corrected chi connectivity index (χ1v) is 4.74. The number of ether oxygens (including phenoxy) is 2. The summed E-state index contributed by atoms with van der Waals surface area (Å²) in [6.45, 7) is 5.06. The quantitative estimate of drug-likeness (QED) is 0.455. The first-order chi connectivity index (χ1) is 7.28. The molecule has 0 unspecified atom stereocenters. The number of hydrogen-bond acceptors (Lipinski definition) is 4. The van der Waals surface area contributed by atoms with Crippen LogP contribution in [0.2, 0.25) is 0 Å². The summed E-state index contributed by atoms with van der Waals surface area (Å²) in [6.07, 6.45) is -0.948. The Morgan fingerprint density at radius 1 is 1.38 bits per heavy atom. The number of halogens is 1. The molecule has 16 heavy (non-hydrogen) atoms. The predicted octanol–water partition coefficient (Wildman–Crippen LogP) is 2.72. The van der Waals surface area contributed by atoms with Gasteiger partial charge in [0.2, 0.25) is 0 Å². The van der Waals surface area contributed by atoms with E-state index in [1.165, 1.54) is 12.1 Å². The second-order valence-corrected chi connectivity index (χ2v) is 4.26. The Balaban J connectivity index is 2.70. The van der Waals surface area contributed by atoms with E-state index in [9.17, 15) is 9.18 Å². The lowest BCUT2D eigenvalue weighted by Gasteiger charge is -2.18. The summed E-state index contributed by atoms with van der Waals surface area (Å²) in [5.41, 5.74) is 4.93. The number of benzene rings is 1. The molecule has 0 fully saturated rings. The maximum atomic E-state index is 13.2. The van der Waals surface area contributed by atoms with E-state index in [2.05, 4.69) is 4.74 Å². The second kappa shape index (κ2) is 4.38. The van der Waals surface area contributed by atoms with Gasteiger partial charge in [0, 0.05) is 11.8 Å². The third-order valence-electron chi connectivity index (χ3n) is 1.54. The number of carbonyl (C=O) groups is 1. The van der Waals surface area contributed by atoms with Crippen molar-refractivity contribution in [2.24, 2.45) is 0 Å². The van der Waals surface area contributed by atoms with E-state index in [4.69, 9.17) is 10.5 Å². The third kappa shape index (κ3) is 3.76. The van der Waals surface area contributed by atoms with E-state index in [1.54, 1.807) is 20.8 Å². The molecule has 0 heterocycles. The minimum atomic E-state index is -0.948. The Morgan fingerprint density at radius 2 is 2.00 bits per heavy atom. The molecule has 88 valence electrons. The first-order valence-electron chi connectivity index (χ1n) is 4.74. The van der Waals surface area contributed by atoms with Crippen molar-refractivity contribution in [3.8, 4) is 5.75 Å². The zero-order chi connectivity index (χ0) is 12.3. The molecule has 0 aliphatic heterocycles. The van der Waals surface area contributed by atoms with Gasteiger partial charge in [-0.1, -0.05) is 0 Å². The van der Waals surface area contributed by atoms with Crippen molar-refractivity contribution in [1.29, 1.82) is 0 Å². The van der Waals surface area contributed by atoms with Gasteiger partial charge in [0.1, 0.15) is 5.60 Å². The average molecular weight is 227 g/mol. The summed E-state index contributed by atoms with van der Waals surface area (Å²) in [6, 6.07) is 3.77. The summed E-state index contributed by atoms with van der Waals surface area (Å²) in [7, 11) is 0. The Kier molecular flexibility index (Phi) is 3.37. The van der Waals surface area contributed by atoms with Gasteiger partial charge < -0.3 is 15.2 Å². The molecule has 0 bridgehead atoms. The molecule has 1 aromatic rings. The van der Waals surface area contributed by atoms with E-state index in [-0.39, 0.29) is 11.4 Å². The highest BCUT2D eigenvalue weighted by Gasteiger charge is 2.19. The smallest absolute Gasteiger partial charge is 0.428 e. The van der Waals surface area contributed by atoms with Gasteiger partial charge in [0.05, 0.1) is 0 Å². The SMILES string of the molecule is CC(C)(C)OC(=O)Oc1ccc(N)cc1F. The summed E-state index contributed by atoms with van der Waals surface area (Å²) >= 11 is 0. The van der Waals surface area contributed by atoms with Crippen LogP contribution in [0, 0.1) is 5.82 Å². The molecule has 0 atom stereocenters. The summed E-state index contributed by atoms with van der Waals surface area (Å²) in [4.78, 5) is 11.2. The van der Waals surface area contributed by atoms with Crippen LogP contribution in [0.15, 0.2) is 18.2 Å². The van der Waals surface area contributed by atoms with Crippen molar-refractivity contribution >= 4 is 11.8 Å². The van der Waals surface area contributed by atoms with Crippen molar-refractivity contribution in [3.05, 3.63) is 24.0 Å². The van der Waals surface area contributed by atoms with Crippen molar-refractivity contribution in [2.75, 3.05) is 5.73 Å². The Hall–Kier alpha value is -1.78. The zero-order valence-electron chi connectivity index (χ0n) is 9.41. The fourth-order valence-electron chi connectivity index (χ4n) is 0.960. The van der Waals surface area contributed by atoms with Gasteiger partial charge in [-0.3, -0.25) is 0 Å². The molecule has 0 aromatic heterocycles. The van der Waals surface area contributed by atoms with Crippen LogP contribution in [0.3, 0.4) is 0 Å². The van der Waals surface area contributed by atoms with Crippen LogP contribution in [-0.4, -0.2) is 11.8 Å². The fourth-order valence-corrected chi connectivity index (χ4v) is 0.960. The largest absolute Gasteiger partial charge is 0.514 e. The fraction of sp³-hybridized carbons (Fsp3) is 0.364. The van der Waals surface area contributed by atoms with Crippen molar-refractivity contribution in [2.45, 2.75) is 26.4 Å². The van der Waals surface area contributed by atoms with Gasteiger partial charge in [0.15, 0.2) is 11.6 Å². The molecule has 0 aliphatic rings. The highest BCUT2D eigenvalue weighted by atomic mass is 19.1. The number of nitrogen functional groups attached to an aromatic ring is 1. The topological polar surface area (TPSA) is 61.5 Å². The Morgan fingerprint density at radius 3 is 2.50 bits per heavy atom. The highest BCUT2D eigenvalue weighted by Crippen LogP contribution is 2.20. The molecule has 0 aliphatic carbocycles. The Labute approximate surface area is 93.2 Å². The van der Waals surface area contributed by atoms with Gasteiger partial charge in [-0.25, -0.2) is 9.18 Å². The maximum Gasteiger partial charge on any atom is 0.514 e. The van der Waals surface area contributed by atoms with Gasteiger partial charge in [-0.2, -0.15) is 0 Å². The molecule has 0 saturated carbocycles. The zero-order valence-corrected chi connectivity index (χ0v) is 9.41. The molecule has 2 N–H and O–H groups in total. The number of rotatable bonds is 1. The van der Waals surface area contributed by atoms with Crippen LogP contribution in [0.4, 0.5) is 14.9 Å². The minimum Gasteiger partial charge on any atom is -0.428 e. The van der Waals surface area contributed by atoms with Crippen LogP contribution in [-0.2, 0) is 4.74 Å². The van der Waals surface area contributed by atoms with Gasteiger partial charge >= 0.3 is 6.16 Å². The van der Waals surface area contributed by atoms with E-state index < -0.39 is 17.6 Å². The van der Waals surface area contributed by atoms with Crippen molar-refractivity contribution in [1.82, 2.24) is 0 Å².